The van der Waals surface area contributed by atoms with Gasteiger partial charge in [0.15, 0.2) is 0 Å². The van der Waals surface area contributed by atoms with Gasteiger partial charge in [-0.25, -0.2) is 9.82 Å². The number of rotatable bonds is 8. The third-order valence-electron chi connectivity index (χ3n) is 5.11. The van der Waals surface area contributed by atoms with E-state index in [9.17, 15) is 14.5 Å². The van der Waals surface area contributed by atoms with Crippen LogP contribution in [0.4, 0.5) is 33.6 Å². The van der Waals surface area contributed by atoms with E-state index in [1.54, 1.807) is 56.3 Å². The lowest BCUT2D eigenvalue weighted by atomic mass is 10.0. The Kier molecular flexibility index (Phi) is 6.86. The number of nitrogens with zero attached hydrogens (tertiary/aromatic N) is 6. The molecule has 0 atom stereocenters. The van der Waals surface area contributed by atoms with Crippen molar-refractivity contribution in [2.75, 3.05) is 29.7 Å². The van der Waals surface area contributed by atoms with Crippen LogP contribution in [0.5, 0.6) is 0 Å². The molecule has 4 rings (SSSR count). The third-order valence-corrected chi connectivity index (χ3v) is 5.11. The lowest BCUT2D eigenvalue weighted by Crippen LogP contribution is -2.15. The Balaban J connectivity index is 1.52. The summed E-state index contributed by atoms with van der Waals surface area (Å²) >= 11 is 0. The van der Waals surface area contributed by atoms with Crippen LogP contribution >= 0.6 is 0 Å². The summed E-state index contributed by atoms with van der Waals surface area (Å²) in [5.74, 6) is 1.35. The van der Waals surface area contributed by atoms with Gasteiger partial charge in [-0.2, -0.15) is 20.1 Å². The molecule has 0 aliphatic heterocycles. The number of nitro benzene ring substituents is 1. The fourth-order valence-corrected chi connectivity index (χ4v) is 3.36. The van der Waals surface area contributed by atoms with E-state index >= 15 is 0 Å². The number of hydrogen-bond acceptors (Lipinski definition) is 10. The van der Waals surface area contributed by atoms with Crippen molar-refractivity contribution in [3.63, 3.8) is 0 Å². The van der Waals surface area contributed by atoms with E-state index < -0.39 is 4.92 Å². The molecule has 0 aliphatic rings. The molecule has 0 radical (unpaired) electrons. The molecule has 12 heteroatoms. The number of aryl methyl sites for hydroxylation is 2. The first kappa shape index (κ1) is 24.3. The topological polar surface area (TPSA) is 135 Å². The maximum Gasteiger partial charge on any atom is 0.273 e. The first-order valence-corrected chi connectivity index (χ1v) is 10.8. The minimum absolute atomic E-state index is 0.0282. The zero-order valence-corrected chi connectivity index (χ0v) is 20.0. The van der Waals surface area contributed by atoms with Crippen LogP contribution in [0.15, 0.2) is 58.0 Å². The van der Waals surface area contributed by atoms with E-state index in [0.29, 0.717) is 34.3 Å². The smallest absolute Gasteiger partial charge is 0.273 e. The van der Waals surface area contributed by atoms with Crippen LogP contribution < -0.4 is 15.6 Å². The second kappa shape index (κ2) is 10.2. The normalized spacial score (nSPS) is 11.0. The van der Waals surface area contributed by atoms with Crippen molar-refractivity contribution in [3.05, 3.63) is 81.3 Å². The van der Waals surface area contributed by atoms with Gasteiger partial charge in [-0.15, -0.1) is 0 Å². The first-order chi connectivity index (χ1) is 17.2. The van der Waals surface area contributed by atoms with Gasteiger partial charge >= 0.3 is 0 Å². The zero-order chi connectivity index (χ0) is 25.8. The molecular formula is C24H23FN8O3. The van der Waals surface area contributed by atoms with Gasteiger partial charge in [0, 0.05) is 37.0 Å². The molecule has 0 unspecified atom stereocenters. The van der Waals surface area contributed by atoms with E-state index in [4.69, 9.17) is 4.42 Å². The van der Waals surface area contributed by atoms with Crippen LogP contribution in [-0.2, 0) is 0 Å². The van der Waals surface area contributed by atoms with E-state index in [1.807, 2.05) is 6.92 Å². The third kappa shape index (κ3) is 5.60. The molecule has 2 N–H and O–H groups in total. The number of furan rings is 1. The summed E-state index contributed by atoms with van der Waals surface area (Å²) in [5, 5.41) is 18.5. The van der Waals surface area contributed by atoms with Crippen LogP contribution in [0.1, 0.15) is 16.9 Å². The fraction of sp³-hybridized carbons (Fsp3) is 0.167. The van der Waals surface area contributed by atoms with Crippen molar-refractivity contribution in [1.29, 1.82) is 0 Å². The highest BCUT2D eigenvalue weighted by atomic mass is 19.1. The Morgan fingerprint density at radius 1 is 1.03 bits per heavy atom. The molecule has 0 saturated carbocycles. The van der Waals surface area contributed by atoms with Crippen LogP contribution in [0, 0.1) is 29.8 Å². The van der Waals surface area contributed by atoms with Gasteiger partial charge in [0.05, 0.1) is 11.1 Å². The minimum atomic E-state index is -0.413. The molecule has 11 nitrogen and oxygen atoms in total. The zero-order valence-electron chi connectivity index (χ0n) is 20.0. The largest absolute Gasteiger partial charge is 0.455 e. The summed E-state index contributed by atoms with van der Waals surface area (Å²) in [6.07, 6.45) is 1.44. The second-order valence-corrected chi connectivity index (χ2v) is 8.09. The summed E-state index contributed by atoms with van der Waals surface area (Å²) in [6.45, 7) is 3.56. The lowest BCUT2D eigenvalue weighted by molar-refractivity contribution is -0.385. The fourth-order valence-electron chi connectivity index (χ4n) is 3.36. The Morgan fingerprint density at radius 3 is 2.44 bits per heavy atom. The number of nitrogens with one attached hydrogen (secondary N) is 2. The molecule has 0 fully saturated rings. The summed E-state index contributed by atoms with van der Waals surface area (Å²) < 4.78 is 19.0. The van der Waals surface area contributed by atoms with E-state index in [-0.39, 0.29) is 23.4 Å². The predicted molar refractivity (Wildman–Crippen MR) is 135 cm³/mol. The molecule has 0 bridgehead atoms. The van der Waals surface area contributed by atoms with Crippen LogP contribution in [0.2, 0.25) is 0 Å². The van der Waals surface area contributed by atoms with Crippen molar-refractivity contribution < 1.29 is 13.7 Å². The SMILES string of the molecule is Cc1cc(C)c([N+](=O)[O-])cc1-c1ccc(/C=N\Nc2nc(Nc3ccc(F)cc3)nc(N(C)C)n2)o1. The van der Waals surface area contributed by atoms with Gasteiger partial charge < -0.3 is 14.6 Å². The number of hydrogen-bond donors (Lipinski definition) is 2. The standard InChI is InChI=1S/C24H23FN8O3/c1-14-11-15(2)20(33(34)35)12-19(14)21-10-9-18(36-21)13-26-31-23-28-22(29-24(30-23)32(3)4)27-17-7-5-16(25)6-8-17/h5-13H,1-4H3,(H2,27,28,29,30,31)/b26-13-. The number of hydrazone groups is 1. The molecule has 0 amide bonds. The highest BCUT2D eigenvalue weighted by Crippen LogP contribution is 2.31. The van der Waals surface area contributed by atoms with Crippen molar-refractivity contribution in [2.45, 2.75) is 13.8 Å². The lowest BCUT2D eigenvalue weighted by Gasteiger charge is -2.13. The van der Waals surface area contributed by atoms with Gasteiger partial charge in [0.2, 0.25) is 17.8 Å². The van der Waals surface area contributed by atoms with Gasteiger partial charge in [-0.1, -0.05) is 0 Å². The van der Waals surface area contributed by atoms with Crippen molar-refractivity contribution >= 4 is 35.4 Å². The number of nitro groups is 1. The molecule has 184 valence electrons. The monoisotopic (exact) mass is 490 g/mol. The van der Waals surface area contributed by atoms with Gasteiger partial charge in [0.25, 0.3) is 5.69 Å². The van der Waals surface area contributed by atoms with E-state index in [2.05, 4.69) is 30.8 Å². The van der Waals surface area contributed by atoms with Crippen molar-refractivity contribution in [1.82, 2.24) is 15.0 Å². The van der Waals surface area contributed by atoms with Crippen molar-refractivity contribution in [3.8, 4) is 11.3 Å². The van der Waals surface area contributed by atoms with Crippen LogP contribution in [0.25, 0.3) is 11.3 Å². The molecule has 2 heterocycles. The molecule has 0 saturated heterocycles. The summed E-state index contributed by atoms with van der Waals surface area (Å²) in [4.78, 5) is 25.5. The maximum absolute atomic E-state index is 13.2. The van der Waals surface area contributed by atoms with Crippen LogP contribution in [-0.4, -0.2) is 40.2 Å². The molecule has 36 heavy (non-hydrogen) atoms. The Morgan fingerprint density at radius 2 is 1.75 bits per heavy atom. The summed E-state index contributed by atoms with van der Waals surface area (Å²) in [5.41, 5.74) is 5.45. The number of anilines is 4. The number of halogens is 1. The highest BCUT2D eigenvalue weighted by Gasteiger charge is 2.16. The molecule has 0 aliphatic carbocycles. The number of benzene rings is 2. The van der Waals surface area contributed by atoms with Gasteiger partial charge in [0.1, 0.15) is 17.3 Å². The second-order valence-electron chi connectivity index (χ2n) is 8.09. The maximum atomic E-state index is 13.2. The summed E-state index contributed by atoms with van der Waals surface area (Å²) in [7, 11) is 3.57. The summed E-state index contributed by atoms with van der Waals surface area (Å²) in [6, 6.07) is 12.5. The van der Waals surface area contributed by atoms with Gasteiger partial charge in [-0.05, 0) is 61.9 Å². The highest BCUT2D eigenvalue weighted by molar-refractivity contribution is 5.78. The van der Waals surface area contributed by atoms with Gasteiger partial charge in [-0.3, -0.25) is 10.1 Å². The Hall–Kier alpha value is -4.87. The number of aromatic nitrogens is 3. The average molecular weight is 490 g/mol. The molecule has 2 aromatic heterocycles. The first-order valence-electron chi connectivity index (χ1n) is 10.8. The van der Waals surface area contributed by atoms with Crippen molar-refractivity contribution in [2.24, 2.45) is 5.10 Å². The van der Waals surface area contributed by atoms with E-state index in [0.717, 1.165) is 5.56 Å². The molecule has 0 spiro atoms. The molecule has 4 aromatic rings. The quantitative estimate of drug-likeness (QED) is 0.198. The minimum Gasteiger partial charge on any atom is -0.455 e. The Bertz CT molecular complexity index is 1430. The predicted octanol–water partition coefficient (Wildman–Crippen LogP) is 5.05. The molecule has 2 aromatic carbocycles. The molecular weight excluding hydrogens is 467 g/mol. The Labute approximate surface area is 205 Å². The average Bonchev–Trinajstić information content (AvgIpc) is 3.29. The van der Waals surface area contributed by atoms with E-state index in [1.165, 1.54) is 24.4 Å². The van der Waals surface area contributed by atoms with Crippen LogP contribution in [0.3, 0.4) is 0 Å².